The first-order valence-corrected chi connectivity index (χ1v) is 19.5. The Kier molecular flexibility index (Phi) is 14.0. The molecule has 5 N–H and O–H groups in total. The van der Waals surface area contributed by atoms with Gasteiger partial charge in [-0.2, -0.15) is 0 Å². The molecular weight excluding hydrogens is 671 g/mol. The molecule has 0 spiro atoms. The third-order valence-corrected chi connectivity index (χ3v) is 11.6. The van der Waals surface area contributed by atoms with E-state index in [0.29, 0.717) is 30.9 Å². The number of hydrogen-bond donors (Lipinski definition) is 4. The second kappa shape index (κ2) is 17.7. The fourth-order valence-corrected chi connectivity index (χ4v) is 8.24. The number of ketones is 1. The largest absolute Gasteiger partial charge is 0.459 e. The van der Waals surface area contributed by atoms with Crippen LogP contribution < -0.4 is 21.7 Å². The number of amides is 5. The molecule has 4 rings (SSSR count). The summed E-state index contributed by atoms with van der Waals surface area (Å²) < 4.78 is 5.70. The van der Waals surface area contributed by atoms with E-state index in [9.17, 15) is 28.8 Å². The smallest absolute Gasteiger partial charge is 0.332 e. The van der Waals surface area contributed by atoms with Gasteiger partial charge in [0.25, 0.3) is 11.7 Å². The highest BCUT2D eigenvalue weighted by molar-refractivity contribution is 8.00. The van der Waals surface area contributed by atoms with Gasteiger partial charge < -0.3 is 31.3 Å². The van der Waals surface area contributed by atoms with Crippen LogP contribution in [-0.4, -0.2) is 75.7 Å². The Morgan fingerprint density at radius 3 is 2.24 bits per heavy atom. The third-order valence-electron chi connectivity index (χ3n) is 10.4. The van der Waals surface area contributed by atoms with E-state index >= 15 is 0 Å². The van der Waals surface area contributed by atoms with Crippen molar-refractivity contribution in [1.29, 1.82) is 0 Å². The molecule has 3 fully saturated rings. The summed E-state index contributed by atoms with van der Waals surface area (Å²) in [5, 5.41) is 7.36. The van der Waals surface area contributed by atoms with Crippen LogP contribution in [0.5, 0.6) is 0 Å². The molecule has 1 unspecified atom stereocenters. The summed E-state index contributed by atoms with van der Waals surface area (Å²) in [6, 6.07) is 6.67. The fraction of sp³-hybridized carbons (Fsp3) is 0.684. The monoisotopic (exact) mass is 727 g/mol. The third kappa shape index (κ3) is 10.9. The van der Waals surface area contributed by atoms with Crippen LogP contribution in [0.4, 0.5) is 4.79 Å². The van der Waals surface area contributed by atoms with Gasteiger partial charge in [0.2, 0.25) is 11.8 Å². The molecule has 13 heteroatoms. The van der Waals surface area contributed by atoms with Gasteiger partial charge in [0, 0.05) is 6.54 Å². The van der Waals surface area contributed by atoms with E-state index in [1.54, 1.807) is 0 Å². The number of nitrogens with two attached hydrogens (primary N) is 1. The molecule has 0 aromatic heterocycles. The number of nitrogens with one attached hydrogen (secondary N) is 3. The number of esters is 1. The number of ether oxygens (including phenoxy) is 1. The number of benzene rings is 1. The summed E-state index contributed by atoms with van der Waals surface area (Å²) in [5.41, 5.74) is 4.18. The maximum absolute atomic E-state index is 14.5. The van der Waals surface area contributed by atoms with Crippen LogP contribution in [0.2, 0.25) is 0 Å². The second-order valence-corrected chi connectivity index (χ2v) is 17.1. The number of rotatable bonds is 16. The predicted molar refractivity (Wildman–Crippen MR) is 196 cm³/mol. The standard InChI is InChI=1S/C38H57N5O7S/c1-24(2)27-18-21-43(28(27)32(46)41-33(29(44)31(39)45)51-22-12-15-25-16-17-25)34(47)30(37(3,4)5)40-36(49)42-38(19-10-7-11-20-38)35(48)50-23-26-13-8-6-9-14-26/h6,8-9,13-14,24-25,27-28,30,33H,7,10-12,15-23H2,1-5H3,(H2,39,45)(H,41,46)(H2,40,42,49)/t27-,28+,30-,33?/m1/s1. The number of carbonyl (C=O) groups excluding carboxylic acids is 6. The van der Waals surface area contributed by atoms with E-state index in [1.807, 2.05) is 65.0 Å². The van der Waals surface area contributed by atoms with E-state index in [2.05, 4.69) is 16.0 Å². The van der Waals surface area contributed by atoms with Crippen LogP contribution in [0.15, 0.2) is 30.3 Å². The number of carbonyl (C=O) groups is 6. The van der Waals surface area contributed by atoms with Crippen LogP contribution in [0.1, 0.15) is 104 Å². The van der Waals surface area contributed by atoms with Crippen molar-refractivity contribution in [2.45, 2.75) is 128 Å². The highest BCUT2D eigenvalue weighted by atomic mass is 32.2. The van der Waals surface area contributed by atoms with E-state index in [1.165, 1.54) is 29.5 Å². The van der Waals surface area contributed by atoms with Gasteiger partial charge in [-0.3, -0.25) is 19.2 Å². The van der Waals surface area contributed by atoms with E-state index < -0.39 is 63.9 Å². The maximum atomic E-state index is 14.5. The highest BCUT2D eigenvalue weighted by Gasteiger charge is 2.49. The summed E-state index contributed by atoms with van der Waals surface area (Å²) in [6.45, 7) is 9.78. The van der Waals surface area contributed by atoms with Gasteiger partial charge in [0.1, 0.15) is 29.6 Å². The average molecular weight is 728 g/mol. The molecule has 12 nitrogen and oxygen atoms in total. The van der Waals surface area contributed by atoms with Crippen molar-refractivity contribution >= 4 is 47.3 Å². The molecule has 1 aromatic carbocycles. The van der Waals surface area contributed by atoms with Crippen LogP contribution in [0, 0.1) is 23.2 Å². The number of hydrogen-bond acceptors (Lipinski definition) is 8. The predicted octanol–water partition coefficient (Wildman–Crippen LogP) is 4.44. The SMILES string of the molecule is CC(C)[C@H]1CCN(C(=O)[C@@H](NC(=O)NC2(C(=O)OCc3ccccc3)CCCCC2)C(C)(C)C)[C@@H]1C(=O)NC(SCCCC1CC1)C(=O)C(N)=O. The van der Waals surface area contributed by atoms with Gasteiger partial charge in [0.15, 0.2) is 0 Å². The molecule has 1 heterocycles. The lowest BCUT2D eigenvalue weighted by molar-refractivity contribution is -0.154. The summed E-state index contributed by atoms with van der Waals surface area (Å²) in [7, 11) is 0. The minimum Gasteiger partial charge on any atom is -0.459 e. The van der Waals surface area contributed by atoms with Crippen LogP contribution in [-0.2, 0) is 35.3 Å². The molecule has 5 amide bonds. The Bertz CT molecular complexity index is 1400. The Morgan fingerprint density at radius 1 is 0.980 bits per heavy atom. The van der Waals surface area contributed by atoms with Crippen molar-refractivity contribution in [3.8, 4) is 0 Å². The minimum absolute atomic E-state index is 0.0208. The fourth-order valence-electron chi connectivity index (χ4n) is 7.20. The minimum atomic E-state index is -1.24. The molecule has 51 heavy (non-hydrogen) atoms. The second-order valence-electron chi connectivity index (χ2n) is 15.8. The number of primary amides is 1. The zero-order valence-corrected chi connectivity index (χ0v) is 31.7. The van der Waals surface area contributed by atoms with Crippen molar-refractivity contribution in [2.75, 3.05) is 12.3 Å². The number of likely N-dealkylation sites (tertiary alicyclic amines) is 1. The molecule has 1 saturated heterocycles. The van der Waals surface area contributed by atoms with Crippen molar-refractivity contribution in [1.82, 2.24) is 20.9 Å². The Hall–Kier alpha value is -3.61. The topological polar surface area (TPSA) is 177 Å². The molecule has 0 bridgehead atoms. The Balaban J connectivity index is 1.49. The van der Waals surface area contributed by atoms with Crippen molar-refractivity contribution in [3.05, 3.63) is 35.9 Å². The van der Waals surface area contributed by atoms with Gasteiger partial charge in [0.05, 0.1) is 0 Å². The first-order valence-electron chi connectivity index (χ1n) is 18.5. The molecule has 1 aliphatic heterocycles. The average Bonchev–Trinajstić information content (AvgIpc) is 3.81. The molecule has 2 aliphatic carbocycles. The van der Waals surface area contributed by atoms with Gasteiger partial charge in [-0.1, -0.05) is 97.1 Å². The van der Waals surface area contributed by atoms with Gasteiger partial charge in [-0.15, -0.1) is 11.8 Å². The molecule has 4 atom stereocenters. The van der Waals surface area contributed by atoms with E-state index in [4.69, 9.17) is 10.5 Å². The quantitative estimate of drug-likeness (QED) is 0.0836. The molecular formula is C38H57N5O7S. The van der Waals surface area contributed by atoms with Gasteiger partial charge >= 0.3 is 12.0 Å². The van der Waals surface area contributed by atoms with E-state index in [0.717, 1.165) is 37.7 Å². The molecule has 1 aromatic rings. The molecule has 3 aliphatic rings. The van der Waals surface area contributed by atoms with E-state index in [-0.39, 0.29) is 25.0 Å². The first-order chi connectivity index (χ1) is 24.1. The summed E-state index contributed by atoms with van der Waals surface area (Å²) in [4.78, 5) is 82.0. The van der Waals surface area contributed by atoms with Gasteiger partial charge in [-0.05, 0) is 66.6 Å². The summed E-state index contributed by atoms with van der Waals surface area (Å²) >= 11 is 1.18. The lowest BCUT2D eigenvalue weighted by atomic mass is 9.81. The Morgan fingerprint density at radius 2 is 1.65 bits per heavy atom. The zero-order valence-electron chi connectivity index (χ0n) is 30.8. The molecule has 0 radical (unpaired) electrons. The normalized spacial score (nSPS) is 21.3. The number of urea groups is 1. The number of thioether (sulfide) groups is 1. The van der Waals surface area contributed by atoms with Crippen molar-refractivity contribution in [3.63, 3.8) is 0 Å². The summed E-state index contributed by atoms with van der Waals surface area (Å²) in [5.74, 6) is -2.42. The lowest BCUT2D eigenvalue weighted by Gasteiger charge is -2.39. The van der Waals surface area contributed by atoms with Crippen LogP contribution >= 0.6 is 11.8 Å². The maximum Gasteiger partial charge on any atom is 0.332 e. The van der Waals surface area contributed by atoms with Crippen molar-refractivity contribution < 1.29 is 33.5 Å². The van der Waals surface area contributed by atoms with Crippen molar-refractivity contribution in [2.24, 2.45) is 28.9 Å². The Labute approximate surface area is 306 Å². The van der Waals surface area contributed by atoms with Crippen LogP contribution in [0.25, 0.3) is 0 Å². The molecule has 282 valence electrons. The lowest BCUT2D eigenvalue weighted by Crippen LogP contribution is -2.64. The van der Waals surface area contributed by atoms with Crippen LogP contribution in [0.3, 0.4) is 0 Å². The highest BCUT2D eigenvalue weighted by Crippen LogP contribution is 2.36. The molecule has 2 saturated carbocycles. The first kappa shape index (κ1) is 40.2. The number of Topliss-reactive ketones (excluding diaryl/α,β-unsaturated/α-hetero) is 1. The zero-order chi connectivity index (χ0) is 37.3. The number of nitrogens with zero attached hydrogens (tertiary/aromatic N) is 1. The van der Waals surface area contributed by atoms with Gasteiger partial charge in [-0.25, -0.2) is 9.59 Å². The summed E-state index contributed by atoms with van der Waals surface area (Å²) in [6.07, 6.45) is 8.08.